The van der Waals surface area contributed by atoms with Crippen molar-refractivity contribution in [3.8, 4) is 0 Å². The average Bonchev–Trinajstić information content (AvgIpc) is 2.49. The Morgan fingerprint density at radius 3 is 2.50 bits per heavy atom. The average molecular weight is 317 g/mol. The fourth-order valence-corrected chi connectivity index (χ4v) is 2.42. The second-order valence-corrected chi connectivity index (χ2v) is 6.32. The summed E-state index contributed by atoms with van der Waals surface area (Å²) in [6.07, 6.45) is 0.775. The Balaban J connectivity index is 1.95. The molecule has 0 aliphatic rings. The zero-order chi connectivity index (χ0) is 16.2. The van der Waals surface area contributed by atoms with E-state index < -0.39 is 5.41 Å². The van der Waals surface area contributed by atoms with Crippen molar-refractivity contribution in [1.29, 1.82) is 0 Å². The number of hydrogen-bond donors (Lipinski definition) is 2. The summed E-state index contributed by atoms with van der Waals surface area (Å²) in [4.78, 5) is 12.4. The van der Waals surface area contributed by atoms with Crippen LogP contribution in [0.5, 0.6) is 0 Å². The normalized spacial score (nSPS) is 11.2. The summed E-state index contributed by atoms with van der Waals surface area (Å²) in [5.74, 6) is -0.00906. The summed E-state index contributed by atoms with van der Waals surface area (Å²) in [5.41, 5.74) is 7.84. The van der Waals surface area contributed by atoms with Gasteiger partial charge in [0.2, 0.25) is 5.91 Å². The maximum absolute atomic E-state index is 12.4. The molecule has 0 bridgehead atoms. The quantitative estimate of drug-likeness (QED) is 0.829. The second-order valence-electron chi connectivity index (χ2n) is 5.88. The highest BCUT2D eigenvalue weighted by atomic mass is 35.5. The van der Waals surface area contributed by atoms with Gasteiger partial charge >= 0.3 is 0 Å². The zero-order valence-electron chi connectivity index (χ0n) is 12.9. The van der Waals surface area contributed by atoms with Gasteiger partial charge in [0.1, 0.15) is 0 Å². The van der Waals surface area contributed by atoms with Crippen molar-refractivity contribution < 1.29 is 4.79 Å². The smallest absolute Gasteiger partial charge is 0.230 e. The van der Waals surface area contributed by atoms with Crippen LogP contribution in [-0.4, -0.2) is 12.5 Å². The van der Waals surface area contributed by atoms with Crippen LogP contribution in [-0.2, 0) is 16.6 Å². The molecule has 0 unspecified atom stereocenters. The Morgan fingerprint density at radius 2 is 1.86 bits per heavy atom. The molecule has 0 aliphatic carbocycles. The summed E-state index contributed by atoms with van der Waals surface area (Å²) >= 11 is 6.01. The van der Waals surface area contributed by atoms with Gasteiger partial charge in [0, 0.05) is 17.3 Å². The Bertz CT molecular complexity index is 650. The van der Waals surface area contributed by atoms with Gasteiger partial charge in [0.05, 0.1) is 5.41 Å². The number of hydrogen-bond acceptors (Lipinski definition) is 2. The Kier molecular flexibility index (Phi) is 5.09. The molecule has 0 spiro atoms. The number of carbonyl (C=O) groups excluding carboxylic acids is 1. The molecule has 0 saturated carbocycles. The van der Waals surface area contributed by atoms with Crippen LogP contribution >= 0.6 is 11.6 Å². The topological polar surface area (TPSA) is 55.1 Å². The third-order valence-electron chi connectivity index (χ3n) is 3.79. The number of nitrogens with two attached hydrogens (primary N) is 1. The van der Waals surface area contributed by atoms with Crippen LogP contribution in [0, 0.1) is 0 Å². The van der Waals surface area contributed by atoms with Crippen molar-refractivity contribution in [3.63, 3.8) is 0 Å². The minimum absolute atomic E-state index is 0.00906. The molecule has 22 heavy (non-hydrogen) atoms. The van der Waals surface area contributed by atoms with E-state index in [4.69, 9.17) is 17.3 Å². The zero-order valence-corrected chi connectivity index (χ0v) is 13.7. The fraction of sp³-hybridized carbons (Fsp3) is 0.278. The van der Waals surface area contributed by atoms with Crippen molar-refractivity contribution in [2.75, 3.05) is 12.3 Å². The molecule has 116 valence electrons. The highest BCUT2D eigenvalue weighted by molar-refractivity contribution is 6.30. The summed E-state index contributed by atoms with van der Waals surface area (Å²) in [7, 11) is 0. The van der Waals surface area contributed by atoms with E-state index in [-0.39, 0.29) is 5.91 Å². The van der Waals surface area contributed by atoms with Crippen LogP contribution in [0.15, 0.2) is 48.5 Å². The van der Waals surface area contributed by atoms with Gasteiger partial charge in [0.15, 0.2) is 0 Å². The maximum Gasteiger partial charge on any atom is 0.230 e. The monoisotopic (exact) mass is 316 g/mol. The molecular formula is C18H21ClN2O. The third kappa shape index (κ3) is 4.01. The highest BCUT2D eigenvalue weighted by Crippen LogP contribution is 2.25. The van der Waals surface area contributed by atoms with Gasteiger partial charge in [-0.15, -0.1) is 0 Å². The summed E-state index contributed by atoms with van der Waals surface area (Å²) < 4.78 is 0. The van der Waals surface area contributed by atoms with E-state index in [1.54, 1.807) is 6.07 Å². The molecule has 0 radical (unpaired) electrons. The van der Waals surface area contributed by atoms with Crippen molar-refractivity contribution >= 4 is 23.2 Å². The van der Waals surface area contributed by atoms with Gasteiger partial charge in [-0.25, -0.2) is 0 Å². The molecule has 0 aliphatic heterocycles. The van der Waals surface area contributed by atoms with Crippen LogP contribution < -0.4 is 11.1 Å². The number of anilines is 1. The van der Waals surface area contributed by atoms with Crippen molar-refractivity contribution in [1.82, 2.24) is 5.32 Å². The van der Waals surface area contributed by atoms with Crippen molar-refractivity contribution in [3.05, 3.63) is 64.7 Å². The van der Waals surface area contributed by atoms with E-state index in [1.807, 2.05) is 56.3 Å². The standard InChI is InChI=1S/C18H21ClN2O/c1-18(2,14-4-3-5-15(19)12-14)17(22)21-11-10-13-6-8-16(20)9-7-13/h3-9,12H,10-11,20H2,1-2H3,(H,21,22). The van der Waals surface area contributed by atoms with Crippen LogP contribution in [0.1, 0.15) is 25.0 Å². The molecule has 2 rings (SSSR count). The van der Waals surface area contributed by atoms with E-state index in [0.717, 1.165) is 23.2 Å². The predicted octanol–water partition coefficient (Wildman–Crippen LogP) is 3.56. The summed E-state index contributed by atoms with van der Waals surface area (Å²) in [5, 5.41) is 3.63. The fourth-order valence-electron chi connectivity index (χ4n) is 2.23. The first-order chi connectivity index (χ1) is 10.4. The molecule has 0 heterocycles. The van der Waals surface area contributed by atoms with Gasteiger partial charge in [-0.3, -0.25) is 4.79 Å². The molecule has 2 aromatic rings. The Labute approximate surface area is 136 Å². The van der Waals surface area contributed by atoms with E-state index in [9.17, 15) is 4.79 Å². The lowest BCUT2D eigenvalue weighted by Gasteiger charge is -2.24. The third-order valence-corrected chi connectivity index (χ3v) is 4.03. The minimum Gasteiger partial charge on any atom is -0.399 e. The van der Waals surface area contributed by atoms with Gasteiger partial charge < -0.3 is 11.1 Å². The summed E-state index contributed by atoms with van der Waals surface area (Å²) in [6, 6.07) is 15.1. The molecule has 3 nitrogen and oxygen atoms in total. The molecule has 0 saturated heterocycles. The molecule has 3 N–H and O–H groups in total. The predicted molar refractivity (Wildman–Crippen MR) is 92.0 cm³/mol. The molecule has 0 fully saturated rings. The second kappa shape index (κ2) is 6.84. The Hall–Kier alpha value is -2.00. The van der Waals surface area contributed by atoms with E-state index in [0.29, 0.717) is 11.6 Å². The number of carbonyl (C=O) groups is 1. The first-order valence-corrected chi connectivity index (χ1v) is 7.66. The van der Waals surface area contributed by atoms with Crippen LogP contribution in [0.2, 0.25) is 5.02 Å². The van der Waals surface area contributed by atoms with Gasteiger partial charge in [-0.05, 0) is 55.7 Å². The lowest BCUT2D eigenvalue weighted by molar-refractivity contribution is -0.125. The van der Waals surface area contributed by atoms with Crippen molar-refractivity contribution in [2.45, 2.75) is 25.7 Å². The van der Waals surface area contributed by atoms with Crippen LogP contribution in [0.4, 0.5) is 5.69 Å². The van der Waals surface area contributed by atoms with Crippen LogP contribution in [0.3, 0.4) is 0 Å². The molecule has 0 aromatic heterocycles. The molecule has 4 heteroatoms. The first kappa shape index (κ1) is 16.4. The van der Waals surface area contributed by atoms with Gasteiger partial charge in [0.25, 0.3) is 0 Å². The first-order valence-electron chi connectivity index (χ1n) is 7.28. The van der Waals surface area contributed by atoms with Crippen molar-refractivity contribution in [2.24, 2.45) is 0 Å². The lowest BCUT2D eigenvalue weighted by atomic mass is 9.83. The largest absolute Gasteiger partial charge is 0.399 e. The molecule has 0 atom stereocenters. The number of nitrogens with one attached hydrogen (secondary N) is 1. The molecule has 2 aromatic carbocycles. The van der Waals surface area contributed by atoms with E-state index in [1.165, 1.54) is 0 Å². The molecule has 1 amide bonds. The minimum atomic E-state index is -0.619. The number of amides is 1. The SMILES string of the molecule is CC(C)(C(=O)NCCc1ccc(N)cc1)c1cccc(Cl)c1. The van der Waals surface area contributed by atoms with Gasteiger partial charge in [-0.2, -0.15) is 0 Å². The molecular weight excluding hydrogens is 296 g/mol. The Morgan fingerprint density at radius 1 is 1.18 bits per heavy atom. The number of rotatable bonds is 5. The number of halogens is 1. The van der Waals surface area contributed by atoms with Crippen LogP contribution in [0.25, 0.3) is 0 Å². The van der Waals surface area contributed by atoms with E-state index >= 15 is 0 Å². The number of benzene rings is 2. The van der Waals surface area contributed by atoms with Gasteiger partial charge in [-0.1, -0.05) is 35.9 Å². The highest BCUT2D eigenvalue weighted by Gasteiger charge is 2.29. The maximum atomic E-state index is 12.4. The van der Waals surface area contributed by atoms with E-state index in [2.05, 4.69) is 5.32 Å². The number of nitrogen functional groups attached to an aromatic ring is 1. The lowest BCUT2D eigenvalue weighted by Crippen LogP contribution is -2.40. The summed E-state index contributed by atoms with van der Waals surface area (Å²) in [6.45, 7) is 4.39.